The number of aryl methyl sites for hydroxylation is 1. The molecule has 1 amide bonds. The van der Waals surface area contributed by atoms with Crippen molar-refractivity contribution < 1.29 is 14.3 Å². The third kappa shape index (κ3) is 10.7. The van der Waals surface area contributed by atoms with Crippen LogP contribution < -0.4 is 20.1 Å². The van der Waals surface area contributed by atoms with Gasteiger partial charge in [0.1, 0.15) is 12.4 Å². The van der Waals surface area contributed by atoms with Gasteiger partial charge in [0.2, 0.25) is 0 Å². The van der Waals surface area contributed by atoms with E-state index in [0.29, 0.717) is 28.7 Å². The molecular formula is C41H52N4O3Si. The van der Waals surface area contributed by atoms with E-state index < -0.39 is 0 Å². The van der Waals surface area contributed by atoms with E-state index in [0.717, 1.165) is 98.1 Å². The average molecular weight is 677 g/mol. The first-order valence-corrected chi connectivity index (χ1v) is 19.2. The number of fused-ring (bicyclic) bond motifs is 1. The molecule has 5 rings (SSSR count). The zero-order valence-electron chi connectivity index (χ0n) is 29.7. The standard InChI is InChI=1S/C41H52N4O3Si/c1-5-7-22-47-23-24-48-38-15-10-32(11-16-38)33-12-19-40-35(25-33)26-34(9-8-21-44(40)28-31(3)4)41(46)43-36-13-17-39(18-14-36)49-29-37-27-42-30-45(37)20-6-2/h10-19,25-27,30-31H,5-9,20-24,28-29H2,1-4H3,(H,43,46)/b34-26+. The van der Waals surface area contributed by atoms with Crippen molar-refractivity contribution in [1.82, 2.24) is 9.55 Å². The summed E-state index contributed by atoms with van der Waals surface area (Å²) in [6.45, 7) is 13.7. The quantitative estimate of drug-likeness (QED) is 0.0908. The molecule has 0 aliphatic carbocycles. The molecule has 0 unspecified atom stereocenters. The lowest BCUT2D eigenvalue weighted by Gasteiger charge is -2.30. The van der Waals surface area contributed by atoms with Gasteiger partial charge in [-0.1, -0.05) is 69.6 Å². The molecule has 49 heavy (non-hydrogen) atoms. The average Bonchev–Trinajstić information content (AvgIpc) is 3.54. The maximum absolute atomic E-state index is 13.7. The minimum absolute atomic E-state index is 0.0347. The van der Waals surface area contributed by atoms with Crippen LogP contribution in [0.5, 0.6) is 5.75 Å². The molecule has 0 fully saturated rings. The third-order valence-electron chi connectivity index (χ3n) is 8.65. The summed E-state index contributed by atoms with van der Waals surface area (Å²) in [6.07, 6.45) is 11.0. The van der Waals surface area contributed by atoms with Gasteiger partial charge in [0.15, 0.2) is 0 Å². The number of hydrogen-bond acceptors (Lipinski definition) is 5. The highest BCUT2D eigenvalue weighted by Crippen LogP contribution is 2.33. The van der Waals surface area contributed by atoms with Crippen molar-refractivity contribution in [2.75, 3.05) is 43.1 Å². The zero-order chi connectivity index (χ0) is 34.4. The number of aromatic nitrogens is 2. The van der Waals surface area contributed by atoms with Crippen molar-refractivity contribution in [3.8, 4) is 16.9 Å². The van der Waals surface area contributed by atoms with Crippen LogP contribution >= 0.6 is 0 Å². The van der Waals surface area contributed by atoms with E-state index in [1.54, 1.807) is 0 Å². The fourth-order valence-electron chi connectivity index (χ4n) is 6.11. The van der Waals surface area contributed by atoms with Crippen LogP contribution in [0.3, 0.4) is 0 Å². The summed E-state index contributed by atoms with van der Waals surface area (Å²) in [6, 6.07) is 24.2. The van der Waals surface area contributed by atoms with E-state index in [9.17, 15) is 4.79 Å². The third-order valence-corrected chi connectivity index (χ3v) is 9.94. The van der Waals surface area contributed by atoms with Crippen LogP contribution in [0.25, 0.3) is 17.2 Å². The number of benzene rings is 3. The molecular weight excluding hydrogens is 625 g/mol. The molecule has 1 N–H and O–H groups in total. The summed E-state index contributed by atoms with van der Waals surface area (Å²) in [7, 11) is 0.653. The molecule has 0 bridgehead atoms. The highest BCUT2D eigenvalue weighted by atomic mass is 28.2. The molecule has 1 aromatic heterocycles. The number of carbonyl (C=O) groups is 1. The van der Waals surface area contributed by atoms with Gasteiger partial charge in [0.25, 0.3) is 5.91 Å². The van der Waals surface area contributed by atoms with Gasteiger partial charge in [0, 0.05) is 55.1 Å². The van der Waals surface area contributed by atoms with E-state index in [-0.39, 0.29) is 5.91 Å². The number of anilines is 2. The SMILES string of the molecule is CCCCOCCOc1ccc(-c2ccc3c(c2)/C=C(/C(=O)Nc2ccc([Si]Cc4cncn4CCC)cc2)CCCN3CC(C)C)cc1. The van der Waals surface area contributed by atoms with Crippen molar-refractivity contribution in [1.29, 1.82) is 0 Å². The summed E-state index contributed by atoms with van der Waals surface area (Å²) in [5, 5.41) is 4.46. The van der Waals surface area contributed by atoms with Crippen LogP contribution in [0.15, 0.2) is 84.8 Å². The molecule has 8 heteroatoms. The summed E-state index contributed by atoms with van der Waals surface area (Å²) < 4.78 is 13.8. The van der Waals surface area contributed by atoms with Gasteiger partial charge in [-0.25, -0.2) is 4.98 Å². The topological polar surface area (TPSA) is 68.6 Å². The Labute approximate surface area is 295 Å². The van der Waals surface area contributed by atoms with Gasteiger partial charge in [-0.15, -0.1) is 0 Å². The molecule has 3 aromatic carbocycles. The van der Waals surface area contributed by atoms with Crippen LogP contribution in [0.2, 0.25) is 0 Å². The number of nitrogens with one attached hydrogen (secondary N) is 1. The van der Waals surface area contributed by atoms with E-state index in [2.05, 4.69) is 96.0 Å². The highest BCUT2D eigenvalue weighted by molar-refractivity contribution is 6.52. The maximum atomic E-state index is 13.7. The largest absolute Gasteiger partial charge is 0.491 e. The Kier molecular flexibility index (Phi) is 13.7. The molecule has 0 spiro atoms. The summed E-state index contributed by atoms with van der Waals surface area (Å²) >= 11 is 0. The van der Waals surface area contributed by atoms with E-state index in [1.807, 2.05) is 36.8 Å². The van der Waals surface area contributed by atoms with Gasteiger partial charge >= 0.3 is 0 Å². The van der Waals surface area contributed by atoms with Crippen LogP contribution in [-0.2, 0) is 22.1 Å². The fourth-order valence-corrected chi connectivity index (χ4v) is 7.19. The molecule has 1 aliphatic rings. The second-order valence-electron chi connectivity index (χ2n) is 13.2. The van der Waals surface area contributed by atoms with Crippen molar-refractivity contribution in [3.05, 3.63) is 96.1 Å². The molecule has 4 aromatic rings. The van der Waals surface area contributed by atoms with Gasteiger partial charge < -0.3 is 24.3 Å². The van der Waals surface area contributed by atoms with E-state index >= 15 is 0 Å². The molecule has 2 heterocycles. The molecule has 0 saturated heterocycles. The van der Waals surface area contributed by atoms with Gasteiger partial charge in [-0.3, -0.25) is 4.79 Å². The first-order chi connectivity index (χ1) is 23.9. The number of rotatable bonds is 17. The number of nitrogens with zero attached hydrogens (tertiary/aromatic N) is 3. The lowest BCUT2D eigenvalue weighted by atomic mass is 9.96. The van der Waals surface area contributed by atoms with E-state index in [1.165, 1.54) is 16.6 Å². The highest BCUT2D eigenvalue weighted by Gasteiger charge is 2.19. The Bertz CT molecular complexity index is 1650. The first-order valence-electron chi connectivity index (χ1n) is 18.0. The van der Waals surface area contributed by atoms with Crippen molar-refractivity contribution in [2.45, 2.75) is 72.4 Å². The van der Waals surface area contributed by atoms with Crippen molar-refractivity contribution in [2.24, 2.45) is 5.92 Å². The molecule has 1 aliphatic heterocycles. The van der Waals surface area contributed by atoms with Crippen molar-refractivity contribution >= 4 is 38.1 Å². The Hall–Kier alpha value is -4.14. The maximum Gasteiger partial charge on any atom is 0.251 e. The van der Waals surface area contributed by atoms with Gasteiger partial charge in [0.05, 0.1) is 22.5 Å². The second-order valence-corrected chi connectivity index (χ2v) is 14.5. The van der Waals surface area contributed by atoms with E-state index in [4.69, 9.17) is 9.47 Å². The lowest BCUT2D eigenvalue weighted by Crippen LogP contribution is -2.30. The van der Waals surface area contributed by atoms with Gasteiger partial charge in [-0.2, -0.15) is 0 Å². The Balaban J connectivity index is 1.28. The Morgan fingerprint density at radius 1 is 0.959 bits per heavy atom. The fraction of sp³-hybridized carbons (Fsp3) is 0.415. The molecule has 258 valence electrons. The number of imidazole rings is 1. The summed E-state index contributed by atoms with van der Waals surface area (Å²) in [5.74, 6) is 1.34. The number of amides is 1. The minimum atomic E-state index is -0.0347. The van der Waals surface area contributed by atoms with Crippen LogP contribution in [0.4, 0.5) is 11.4 Å². The normalized spacial score (nSPS) is 14.1. The molecule has 0 atom stereocenters. The molecule has 2 radical (unpaired) electrons. The smallest absolute Gasteiger partial charge is 0.251 e. The minimum Gasteiger partial charge on any atom is -0.491 e. The number of hydrogen-bond donors (Lipinski definition) is 1. The monoisotopic (exact) mass is 676 g/mol. The second kappa shape index (κ2) is 18.6. The van der Waals surface area contributed by atoms with Crippen molar-refractivity contribution in [3.63, 3.8) is 0 Å². The molecule has 7 nitrogen and oxygen atoms in total. The lowest BCUT2D eigenvalue weighted by molar-refractivity contribution is -0.112. The predicted octanol–water partition coefficient (Wildman–Crippen LogP) is 7.96. The Morgan fingerprint density at radius 2 is 1.76 bits per heavy atom. The Morgan fingerprint density at radius 3 is 2.51 bits per heavy atom. The summed E-state index contributed by atoms with van der Waals surface area (Å²) in [4.78, 5) is 20.5. The number of carbonyl (C=O) groups excluding carboxylic acids is 1. The van der Waals surface area contributed by atoms with Crippen LogP contribution in [0, 0.1) is 5.92 Å². The van der Waals surface area contributed by atoms with Crippen LogP contribution in [0.1, 0.15) is 71.1 Å². The summed E-state index contributed by atoms with van der Waals surface area (Å²) in [5.41, 5.74) is 7.38. The van der Waals surface area contributed by atoms with Crippen LogP contribution in [-0.4, -0.2) is 57.9 Å². The number of ether oxygens (including phenoxy) is 2. The zero-order valence-corrected chi connectivity index (χ0v) is 30.7. The first kappa shape index (κ1) is 36.1. The predicted molar refractivity (Wildman–Crippen MR) is 204 cm³/mol. The number of unbranched alkanes of at least 4 members (excludes halogenated alkanes) is 1. The van der Waals surface area contributed by atoms with Gasteiger partial charge in [-0.05, 0) is 96.8 Å². The molecule has 0 saturated carbocycles.